The normalized spacial score (nSPS) is 16.8. The number of hydrogen-bond acceptors (Lipinski definition) is 4. The maximum atomic E-state index is 5.10. The second-order valence-corrected chi connectivity index (χ2v) is 7.56. The van der Waals surface area contributed by atoms with Crippen LogP contribution in [-0.2, 0) is 4.74 Å². The molecule has 1 aliphatic rings. The van der Waals surface area contributed by atoms with Gasteiger partial charge in [-0.3, -0.25) is 9.89 Å². The van der Waals surface area contributed by atoms with Crippen LogP contribution in [0.15, 0.2) is 4.99 Å². The van der Waals surface area contributed by atoms with Gasteiger partial charge in [-0.2, -0.15) is 0 Å². The zero-order valence-corrected chi connectivity index (χ0v) is 19.9. The van der Waals surface area contributed by atoms with Crippen LogP contribution < -0.4 is 10.6 Å². The first kappa shape index (κ1) is 25.9. The number of rotatable bonds is 12. The van der Waals surface area contributed by atoms with Gasteiger partial charge in [0.2, 0.25) is 0 Å². The Morgan fingerprint density at radius 3 is 2.46 bits per heavy atom. The van der Waals surface area contributed by atoms with Crippen LogP contribution in [0, 0.1) is 5.92 Å². The van der Waals surface area contributed by atoms with E-state index in [-0.39, 0.29) is 24.0 Å². The molecule has 1 unspecified atom stereocenters. The number of methoxy groups -OCH3 is 1. The van der Waals surface area contributed by atoms with Gasteiger partial charge in [-0.05, 0) is 51.7 Å². The molecular formula is C19H42IN5O. The molecule has 0 radical (unpaired) electrons. The van der Waals surface area contributed by atoms with Crippen molar-refractivity contribution in [2.24, 2.45) is 10.9 Å². The van der Waals surface area contributed by atoms with E-state index in [1.807, 2.05) is 7.05 Å². The third-order valence-electron chi connectivity index (χ3n) is 4.80. The van der Waals surface area contributed by atoms with Crippen LogP contribution in [0.5, 0.6) is 0 Å². The van der Waals surface area contributed by atoms with Crippen LogP contribution >= 0.6 is 24.0 Å². The quantitative estimate of drug-likeness (QED) is 0.193. The van der Waals surface area contributed by atoms with Gasteiger partial charge in [0.1, 0.15) is 0 Å². The Labute approximate surface area is 178 Å². The summed E-state index contributed by atoms with van der Waals surface area (Å²) in [6, 6.07) is 0.609. The van der Waals surface area contributed by atoms with Gasteiger partial charge in [0, 0.05) is 53.0 Å². The van der Waals surface area contributed by atoms with E-state index in [0.29, 0.717) is 6.04 Å². The number of nitrogens with zero attached hydrogens (tertiary/aromatic N) is 3. The highest BCUT2D eigenvalue weighted by atomic mass is 127. The number of likely N-dealkylation sites (N-methyl/N-ethyl adjacent to an activating group) is 1. The second-order valence-electron chi connectivity index (χ2n) is 7.56. The molecule has 0 aromatic heterocycles. The number of ether oxygens (including phenoxy) is 1. The van der Waals surface area contributed by atoms with Crippen molar-refractivity contribution < 1.29 is 4.74 Å². The smallest absolute Gasteiger partial charge is 0.191 e. The van der Waals surface area contributed by atoms with E-state index in [0.717, 1.165) is 51.1 Å². The van der Waals surface area contributed by atoms with Gasteiger partial charge in [-0.1, -0.05) is 13.8 Å². The Morgan fingerprint density at radius 1 is 1.19 bits per heavy atom. The third-order valence-corrected chi connectivity index (χ3v) is 4.80. The Kier molecular flexibility index (Phi) is 15.8. The highest BCUT2D eigenvalue weighted by Gasteiger charge is 2.22. The summed E-state index contributed by atoms with van der Waals surface area (Å²) < 4.78 is 5.10. The molecule has 1 aliphatic heterocycles. The van der Waals surface area contributed by atoms with Crippen LogP contribution in [0.1, 0.15) is 39.5 Å². The number of guanidine groups is 1. The first-order chi connectivity index (χ1) is 12.1. The fraction of sp³-hybridized carbons (Fsp3) is 0.947. The molecule has 7 heteroatoms. The van der Waals surface area contributed by atoms with Crippen LogP contribution in [-0.4, -0.2) is 88.9 Å². The fourth-order valence-electron chi connectivity index (χ4n) is 3.40. The van der Waals surface area contributed by atoms with Crippen molar-refractivity contribution in [3.63, 3.8) is 0 Å². The van der Waals surface area contributed by atoms with Gasteiger partial charge in [-0.15, -0.1) is 24.0 Å². The summed E-state index contributed by atoms with van der Waals surface area (Å²) in [5.41, 5.74) is 0. The van der Waals surface area contributed by atoms with Gasteiger partial charge < -0.3 is 20.3 Å². The molecule has 1 fully saturated rings. The summed E-state index contributed by atoms with van der Waals surface area (Å²) in [7, 11) is 5.76. The van der Waals surface area contributed by atoms with Gasteiger partial charge in [0.05, 0.1) is 0 Å². The Balaban J connectivity index is 0.00000625. The average molecular weight is 483 g/mol. The summed E-state index contributed by atoms with van der Waals surface area (Å²) in [6.45, 7) is 11.9. The van der Waals surface area contributed by atoms with Crippen LogP contribution in [0.4, 0.5) is 0 Å². The zero-order chi connectivity index (χ0) is 18.5. The van der Waals surface area contributed by atoms with Crippen LogP contribution in [0.3, 0.4) is 0 Å². The van der Waals surface area contributed by atoms with Crippen molar-refractivity contribution in [2.45, 2.75) is 45.6 Å². The fourth-order valence-corrected chi connectivity index (χ4v) is 3.40. The van der Waals surface area contributed by atoms with E-state index in [9.17, 15) is 0 Å². The minimum Gasteiger partial charge on any atom is -0.385 e. The Hall–Kier alpha value is -0.120. The van der Waals surface area contributed by atoms with Crippen molar-refractivity contribution >= 4 is 29.9 Å². The maximum absolute atomic E-state index is 5.10. The van der Waals surface area contributed by atoms with E-state index >= 15 is 0 Å². The molecular weight excluding hydrogens is 441 g/mol. The monoisotopic (exact) mass is 483 g/mol. The molecule has 0 aliphatic carbocycles. The van der Waals surface area contributed by atoms with E-state index in [4.69, 9.17) is 4.74 Å². The minimum atomic E-state index is 0. The number of halogens is 1. The molecule has 0 aromatic rings. The molecule has 2 N–H and O–H groups in total. The van der Waals surface area contributed by atoms with Crippen molar-refractivity contribution in [2.75, 3.05) is 67.1 Å². The highest BCUT2D eigenvalue weighted by molar-refractivity contribution is 14.0. The van der Waals surface area contributed by atoms with Gasteiger partial charge >= 0.3 is 0 Å². The van der Waals surface area contributed by atoms with Crippen molar-refractivity contribution in [3.05, 3.63) is 0 Å². The molecule has 1 rings (SSSR count). The summed E-state index contributed by atoms with van der Waals surface area (Å²) >= 11 is 0. The molecule has 1 atom stereocenters. The lowest BCUT2D eigenvalue weighted by molar-refractivity contribution is 0.180. The largest absolute Gasteiger partial charge is 0.385 e. The lowest BCUT2D eigenvalue weighted by atomic mass is 10.0. The summed E-state index contributed by atoms with van der Waals surface area (Å²) in [6.07, 6.45) is 5.01. The molecule has 0 aromatic carbocycles. The lowest BCUT2D eigenvalue weighted by Gasteiger charge is -2.30. The molecule has 1 saturated heterocycles. The summed E-state index contributed by atoms with van der Waals surface area (Å²) in [5.74, 6) is 1.64. The van der Waals surface area contributed by atoms with E-state index in [2.05, 4.69) is 46.3 Å². The van der Waals surface area contributed by atoms with Crippen LogP contribution in [0.25, 0.3) is 0 Å². The molecule has 156 valence electrons. The second kappa shape index (κ2) is 15.9. The van der Waals surface area contributed by atoms with Gasteiger partial charge in [0.15, 0.2) is 5.96 Å². The molecule has 0 amide bonds. The van der Waals surface area contributed by atoms with Gasteiger partial charge in [0.25, 0.3) is 0 Å². The Morgan fingerprint density at radius 2 is 1.88 bits per heavy atom. The molecule has 1 heterocycles. The maximum Gasteiger partial charge on any atom is 0.191 e. The predicted molar refractivity (Wildman–Crippen MR) is 123 cm³/mol. The average Bonchev–Trinajstić information content (AvgIpc) is 3.11. The summed E-state index contributed by atoms with van der Waals surface area (Å²) in [4.78, 5) is 9.34. The number of likely N-dealkylation sites (tertiary alicyclic amines) is 1. The van der Waals surface area contributed by atoms with Crippen molar-refractivity contribution in [3.8, 4) is 0 Å². The third kappa shape index (κ3) is 11.6. The van der Waals surface area contributed by atoms with E-state index < -0.39 is 0 Å². The Bertz CT molecular complexity index is 362. The summed E-state index contributed by atoms with van der Waals surface area (Å²) in [5, 5.41) is 6.97. The first-order valence-corrected chi connectivity index (χ1v) is 9.92. The lowest BCUT2D eigenvalue weighted by Crippen LogP contribution is -2.48. The SMILES string of the molecule is CN=C(NCCN(C)CCCOC)NCC(CC(C)C)N1CCCC1.I. The van der Waals surface area contributed by atoms with Crippen molar-refractivity contribution in [1.82, 2.24) is 20.4 Å². The zero-order valence-electron chi connectivity index (χ0n) is 17.6. The molecule has 6 nitrogen and oxygen atoms in total. The van der Waals surface area contributed by atoms with Crippen LogP contribution in [0.2, 0.25) is 0 Å². The molecule has 0 spiro atoms. The van der Waals surface area contributed by atoms with Crippen molar-refractivity contribution in [1.29, 1.82) is 0 Å². The standard InChI is InChI=1S/C19H41N5O.HI/c1-17(2)15-18(24-11-6-7-12-24)16-22-19(20-3)21-9-13-23(4)10-8-14-25-5;/h17-18H,6-16H2,1-5H3,(H2,20,21,22);1H. The minimum absolute atomic E-state index is 0. The van der Waals surface area contributed by atoms with Gasteiger partial charge in [-0.25, -0.2) is 0 Å². The molecule has 26 heavy (non-hydrogen) atoms. The highest BCUT2D eigenvalue weighted by Crippen LogP contribution is 2.17. The van der Waals surface area contributed by atoms with E-state index in [1.54, 1.807) is 7.11 Å². The topological polar surface area (TPSA) is 52.1 Å². The number of aliphatic imine (C=N–C) groups is 1. The molecule has 0 bridgehead atoms. The molecule has 0 saturated carbocycles. The predicted octanol–water partition coefficient (Wildman–Crippen LogP) is 2.25. The first-order valence-electron chi connectivity index (χ1n) is 9.92. The van der Waals surface area contributed by atoms with E-state index in [1.165, 1.54) is 32.4 Å². The number of nitrogens with one attached hydrogen (secondary N) is 2. The number of hydrogen-bond donors (Lipinski definition) is 2.